The number of hydrogen-bond donors (Lipinski definition) is 1. The molecule has 5 heteroatoms. The summed E-state index contributed by atoms with van der Waals surface area (Å²) >= 11 is 0. The molecule has 0 spiro atoms. The summed E-state index contributed by atoms with van der Waals surface area (Å²) in [5.74, 6) is 1.94. The molecule has 1 aliphatic rings. The molecule has 0 atom stereocenters. The highest BCUT2D eigenvalue weighted by Crippen LogP contribution is 2.21. The van der Waals surface area contributed by atoms with Gasteiger partial charge in [-0.3, -0.25) is 0 Å². The lowest BCUT2D eigenvalue weighted by atomic mass is 9.97. The Morgan fingerprint density at radius 2 is 2.15 bits per heavy atom. The zero-order valence-corrected chi connectivity index (χ0v) is 12.3. The van der Waals surface area contributed by atoms with Crippen molar-refractivity contribution in [2.75, 3.05) is 31.1 Å². The van der Waals surface area contributed by atoms with E-state index in [4.69, 9.17) is 0 Å². The summed E-state index contributed by atoms with van der Waals surface area (Å²) in [7, 11) is 0. The van der Waals surface area contributed by atoms with Gasteiger partial charge in [-0.2, -0.15) is 9.61 Å². The van der Waals surface area contributed by atoms with Gasteiger partial charge in [0.15, 0.2) is 5.65 Å². The monoisotopic (exact) mass is 273 g/mol. The fraction of sp³-hybridized carbons (Fsp3) is 0.600. The van der Waals surface area contributed by atoms with Crippen molar-refractivity contribution in [3.8, 4) is 0 Å². The number of nitrogens with one attached hydrogen (secondary N) is 1. The molecule has 20 heavy (non-hydrogen) atoms. The molecule has 2 aromatic rings. The molecule has 0 radical (unpaired) electrons. The summed E-state index contributed by atoms with van der Waals surface area (Å²) in [6.07, 6.45) is 4.17. The minimum absolute atomic E-state index is 0.773. The molecule has 0 aliphatic carbocycles. The van der Waals surface area contributed by atoms with Crippen molar-refractivity contribution in [1.29, 1.82) is 0 Å². The molecular formula is C15H23N5. The first-order valence-corrected chi connectivity index (χ1v) is 7.54. The molecule has 1 N–H and O–H groups in total. The van der Waals surface area contributed by atoms with E-state index in [1.54, 1.807) is 6.33 Å². The van der Waals surface area contributed by atoms with Gasteiger partial charge in [0.05, 0.1) is 0 Å². The quantitative estimate of drug-likeness (QED) is 0.923. The number of piperidine rings is 1. The molecule has 1 aliphatic heterocycles. The van der Waals surface area contributed by atoms with E-state index in [0.29, 0.717) is 0 Å². The average molecular weight is 273 g/mol. The summed E-state index contributed by atoms with van der Waals surface area (Å²) in [5, 5.41) is 7.81. The number of rotatable bonds is 4. The van der Waals surface area contributed by atoms with Gasteiger partial charge in [0.2, 0.25) is 0 Å². The van der Waals surface area contributed by atoms with E-state index in [-0.39, 0.29) is 0 Å². The predicted molar refractivity (Wildman–Crippen MR) is 81.2 cm³/mol. The van der Waals surface area contributed by atoms with Gasteiger partial charge < -0.3 is 10.2 Å². The van der Waals surface area contributed by atoms with Crippen LogP contribution in [0.15, 0.2) is 18.5 Å². The van der Waals surface area contributed by atoms with Crippen LogP contribution in [0.4, 0.5) is 5.82 Å². The minimum Gasteiger partial charge on any atom is -0.356 e. The molecule has 1 fully saturated rings. The number of pyridine rings is 1. The highest BCUT2D eigenvalue weighted by atomic mass is 15.4. The maximum absolute atomic E-state index is 4.37. The Labute approximate surface area is 120 Å². The second kappa shape index (κ2) is 5.79. The van der Waals surface area contributed by atoms with Crippen molar-refractivity contribution in [2.45, 2.75) is 26.7 Å². The van der Waals surface area contributed by atoms with E-state index < -0.39 is 0 Å². The Kier molecular flexibility index (Phi) is 3.87. The predicted octanol–water partition coefficient (Wildman–Crippen LogP) is 1.86. The third-order valence-electron chi connectivity index (χ3n) is 4.15. The van der Waals surface area contributed by atoms with E-state index >= 15 is 0 Å². The van der Waals surface area contributed by atoms with E-state index in [2.05, 4.69) is 46.3 Å². The van der Waals surface area contributed by atoms with E-state index in [0.717, 1.165) is 37.7 Å². The van der Waals surface area contributed by atoms with Gasteiger partial charge in [0, 0.05) is 13.1 Å². The second-order valence-corrected chi connectivity index (χ2v) is 5.65. The van der Waals surface area contributed by atoms with Crippen LogP contribution in [0.5, 0.6) is 0 Å². The van der Waals surface area contributed by atoms with Crippen molar-refractivity contribution in [3.05, 3.63) is 24.0 Å². The number of fused-ring (bicyclic) bond motifs is 1. The fourth-order valence-electron chi connectivity index (χ4n) is 3.02. The minimum atomic E-state index is 0.773. The Hall–Kier alpha value is -1.62. The Balaban J connectivity index is 1.88. The average Bonchev–Trinajstić information content (AvgIpc) is 2.93. The first kappa shape index (κ1) is 13.4. The maximum Gasteiger partial charge on any atom is 0.157 e. The first-order chi connectivity index (χ1) is 9.78. The Morgan fingerprint density at radius 1 is 1.35 bits per heavy atom. The molecule has 2 aromatic heterocycles. The standard InChI is InChI=1S/C15H23N5/c1-3-19(10-13-4-6-16-7-5-13)15-9-12(2)8-14-17-11-18-20(14)15/h8-9,11,13,16H,3-7,10H2,1-2H3. The normalized spacial score (nSPS) is 16.7. The van der Waals surface area contributed by atoms with Crippen LogP contribution < -0.4 is 10.2 Å². The van der Waals surface area contributed by atoms with Gasteiger partial charge in [0.1, 0.15) is 12.1 Å². The van der Waals surface area contributed by atoms with Crippen LogP contribution in [-0.4, -0.2) is 40.8 Å². The SMILES string of the molecule is CCN(CC1CCNCC1)c1cc(C)cc2ncnn12. The number of aromatic nitrogens is 3. The Morgan fingerprint density at radius 3 is 2.90 bits per heavy atom. The van der Waals surface area contributed by atoms with Gasteiger partial charge in [-0.05, 0) is 63.4 Å². The van der Waals surface area contributed by atoms with Crippen LogP contribution in [0, 0.1) is 12.8 Å². The second-order valence-electron chi connectivity index (χ2n) is 5.65. The fourth-order valence-corrected chi connectivity index (χ4v) is 3.02. The van der Waals surface area contributed by atoms with Crippen molar-refractivity contribution in [2.24, 2.45) is 5.92 Å². The molecule has 3 heterocycles. The molecule has 0 amide bonds. The highest BCUT2D eigenvalue weighted by Gasteiger charge is 2.18. The summed E-state index contributed by atoms with van der Waals surface area (Å²) in [6.45, 7) is 8.74. The maximum atomic E-state index is 4.37. The lowest BCUT2D eigenvalue weighted by Crippen LogP contribution is -2.37. The highest BCUT2D eigenvalue weighted by molar-refractivity contribution is 5.52. The third kappa shape index (κ3) is 2.63. The molecular weight excluding hydrogens is 250 g/mol. The number of nitrogens with zero attached hydrogens (tertiary/aromatic N) is 4. The molecule has 0 aromatic carbocycles. The molecule has 0 bridgehead atoms. The molecule has 108 valence electrons. The molecule has 5 nitrogen and oxygen atoms in total. The van der Waals surface area contributed by atoms with Crippen molar-refractivity contribution in [1.82, 2.24) is 19.9 Å². The van der Waals surface area contributed by atoms with Crippen molar-refractivity contribution in [3.63, 3.8) is 0 Å². The van der Waals surface area contributed by atoms with E-state index in [9.17, 15) is 0 Å². The number of aryl methyl sites for hydroxylation is 1. The molecule has 0 unspecified atom stereocenters. The van der Waals surface area contributed by atoms with Crippen molar-refractivity contribution >= 4 is 11.5 Å². The van der Waals surface area contributed by atoms with Gasteiger partial charge >= 0.3 is 0 Å². The summed E-state index contributed by atoms with van der Waals surface area (Å²) < 4.78 is 1.96. The van der Waals surface area contributed by atoms with Gasteiger partial charge in [-0.25, -0.2) is 4.98 Å². The van der Waals surface area contributed by atoms with Crippen LogP contribution in [0.25, 0.3) is 5.65 Å². The lowest BCUT2D eigenvalue weighted by Gasteiger charge is -2.31. The van der Waals surface area contributed by atoms with Crippen LogP contribution in [0.3, 0.4) is 0 Å². The van der Waals surface area contributed by atoms with Crippen LogP contribution in [0.2, 0.25) is 0 Å². The van der Waals surface area contributed by atoms with Crippen molar-refractivity contribution < 1.29 is 0 Å². The number of anilines is 1. The van der Waals surface area contributed by atoms with Crippen LogP contribution >= 0.6 is 0 Å². The molecule has 1 saturated heterocycles. The van der Waals surface area contributed by atoms with E-state index in [1.807, 2.05) is 4.52 Å². The molecule has 0 saturated carbocycles. The van der Waals surface area contributed by atoms with E-state index in [1.165, 1.54) is 24.2 Å². The molecule has 3 rings (SSSR count). The summed E-state index contributed by atoms with van der Waals surface area (Å²) in [4.78, 5) is 6.75. The zero-order chi connectivity index (χ0) is 13.9. The number of hydrogen-bond acceptors (Lipinski definition) is 4. The third-order valence-corrected chi connectivity index (χ3v) is 4.15. The topological polar surface area (TPSA) is 45.5 Å². The van der Waals surface area contributed by atoms with Crippen LogP contribution in [0.1, 0.15) is 25.3 Å². The summed E-state index contributed by atoms with van der Waals surface area (Å²) in [5.41, 5.74) is 2.17. The van der Waals surface area contributed by atoms with Crippen LogP contribution in [-0.2, 0) is 0 Å². The summed E-state index contributed by atoms with van der Waals surface area (Å²) in [6, 6.07) is 4.29. The lowest BCUT2D eigenvalue weighted by molar-refractivity contribution is 0.373. The Bertz CT molecular complexity index is 571. The van der Waals surface area contributed by atoms with Gasteiger partial charge in [-0.15, -0.1) is 0 Å². The smallest absolute Gasteiger partial charge is 0.157 e. The van der Waals surface area contributed by atoms with Gasteiger partial charge in [-0.1, -0.05) is 0 Å². The zero-order valence-electron chi connectivity index (χ0n) is 12.3. The largest absolute Gasteiger partial charge is 0.356 e. The van der Waals surface area contributed by atoms with Gasteiger partial charge in [0.25, 0.3) is 0 Å². The first-order valence-electron chi connectivity index (χ1n) is 7.54.